The lowest BCUT2D eigenvalue weighted by Crippen LogP contribution is -2.61. The van der Waals surface area contributed by atoms with Crippen LogP contribution in [0.4, 0.5) is 18.9 Å². The molecule has 3 aliphatic heterocycles. The third-order valence-corrected chi connectivity index (χ3v) is 7.76. The highest BCUT2D eigenvalue weighted by molar-refractivity contribution is 5.82. The summed E-state index contributed by atoms with van der Waals surface area (Å²) >= 11 is 0. The Morgan fingerprint density at radius 2 is 1.78 bits per heavy atom. The first-order chi connectivity index (χ1) is 17.9. The smallest absolute Gasteiger partial charge is 0.379 e. The number of nitrogens with one attached hydrogen (secondary N) is 1. The lowest BCUT2D eigenvalue weighted by Gasteiger charge is -2.49. The number of nitrogens with zero attached hydrogens (tertiary/aromatic N) is 3. The standard InChI is InChI=1S/C28H35F3N4O2/c29-28(30,31)23-7-8-25-22(17-23)18-24(27(36)32-9-4-10-33-13-15-37-16-14-33)26-20-34(11-12-35(25)26)19-21-5-2-1-3-6-21/h1-3,5-8,17,24,26H,4,9-16,18-20H2,(H,32,36). The highest BCUT2D eigenvalue weighted by atomic mass is 19.4. The molecule has 2 fully saturated rings. The van der Waals surface area contributed by atoms with Gasteiger partial charge in [-0.1, -0.05) is 30.3 Å². The van der Waals surface area contributed by atoms with Crippen LogP contribution in [0, 0.1) is 5.92 Å². The van der Waals surface area contributed by atoms with Gasteiger partial charge >= 0.3 is 6.18 Å². The molecule has 0 aromatic heterocycles. The largest absolute Gasteiger partial charge is 0.416 e. The third-order valence-electron chi connectivity index (χ3n) is 7.76. The molecular formula is C28H35F3N4O2. The van der Waals surface area contributed by atoms with Crippen LogP contribution < -0.4 is 10.2 Å². The highest BCUT2D eigenvalue weighted by Crippen LogP contribution is 2.40. The molecule has 0 aliphatic carbocycles. The Morgan fingerprint density at radius 3 is 2.54 bits per heavy atom. The quantitative estimate of drug-likeness (QED) is 0.572. The minimum atomic E-state index is -4.41. The zero-order valence-electron chi connectivity index (χ0n) is 21.1. The summed E-state index contributed by atoms with van der Waals surface area (Å²) < 4.78 is 45.7. The van der Waals surface area contributed by atoms with Crippen molar-refractivity contribution in [3.8, 4) is 0 Å². The number of amides is 1. The molecule has 2 aromatic carbocycles. The number of ether oxygens (including phenoxy) is 1. The van der Waals surface area contributed by atoms with Gasteiger partial charge in [0.2, 0.25) is 5.91 Å². The molecule has 1 amide bonds. The second-order valence-corrected chi connectivity index (χ2v) is 10.2. The second kappa shape index (κ2) is 11.4. The number of alkyl halides is 3. The third kappa shape index (κ3) is 6.27. The second-order valence-electron chi connectivity index (χ2n) is 10.2. The van der Waals surface area contributed by atoms with Crippen molar-refractivity contribution in [2.45, 2.75) is 31.6 Å². The van der Waals surface area contributed by atoms with Gasteiger partial charge in [-0.2, -0.15) is 13.2 Å². The van der Waals surface area contributed by atoms with Gasteiger partial charge < -0.3 is 15.0 Å². The molecule has 2 unspecified atom stereocenters. The van der Waals surface area contributed by atoms with E-state index in [1.165, 1.54) is 11.6 Å². The summed E-state index contributed by atoms with van der Waals surface area (Å²) in [6.07, 6.45) is -3.26. The Balaban J connectivity index is 1.30. The van der Waals surface area contributed by atoms with E-state index in [2.05, 4.69) is 32.1 Å². The molecule has 9 heteroatoms. The maximum atomic E-state index is 13.5. The molecule has 0 spiro atoms. The minimum absolute atomic E-state index is 0.0680. The van der Waals surface area contributed by atoms with Crippen molar-refractivity contribution in [1.82, 2.24) is 15.1 Å². The first-order valence-electron chi connectivity index (χ1n) is 13.2. The molecule has 2 atom stereocenters. The molecular weight excluding hydrogens is 481 g/mol. The molecule has 0 bridgehead atoms. The van der Waals surface area contributed by atoms with E-state index in [0.717, 1.165) is 64.1 Å². The number of halogens is 3. The van der Waals surface area contributed by atoms with Crippen molar-refractivity contribution in [3.63, 3.8) is 0 Å². The van der Waals surface area contributed by atoms with Crippen LogP contribution in [0.5, 0.6) is 0 Å². The predicted octanol–water partition coefficient (Wildman–Crippen LogP) is 3.41. The van der Waals surface area contributed by atoms with Crippen LogP contribution in [-0.4, -0.2) is 80.8 Å². The minimum Gasteiger partial charge on any atom is -0.379 e. The zero-order chi connectivity index (χ0) is 25.8. The van der Waals surface area contributed by atoms with Crippen LogP contribution in [-0.2, 0) is 28.7 Å². The van der Waals surface area contributed by atoms with E-state index in [1.54, 1.807) is 6.07 Å². The van der Waals surface area contributed by atoms with E-state index < -0.39 is 17.7 Å². The monoisotopic (exact) mass is 516 g/mol. The van der Waals surface area contributed by atoms with Crippen LogP contribution in [0.2, 0.25) is 0 Å². The van der Waals surface area contributed by atoms with Gasteiger partial charge in [0.25, 0.3) is 0 Å². The molecule has 2 saturated heterocycles. The average Bonchev–Trinajstić information content (AvgIpc) is 2.91. The predicted molar refractivity (Wildman–Crippen MR) is 136 cm³/mol. The number of carbonyl (C=O) groups is 1. The number of piperazine rings is 1. The summed E-state index contributed by atoms with van der Waals surface area (Å²) in [6, 6.07) is 14.1. The fraction of sp³-hybridized carbons (Fsp3) is 0.536. The number of anilines is 1. The molecule has 0 radical (unpaired) electrons. The van der Waals surface area contributed by atoms with Gasteiger partial charge in [0.15, 0.2) is 0 Å². The van der Waals surface area contributed by atoms with Gasteiger partial charge in [-0.3, -0.25) is 14.6 Å². The maximum absolute atomic E-state index is 13.5. The summed E-state index contributed by atoms with van der Waals surface area (Å²) in [5.74, 6) is -0.473. The van der Waals surface area contributed by atoms with Crippen molar-refractivity contribution in [3.05, 3.63) is 65.2 Å². The average molecular weight is 517 g/mol. The van der Waals surface area contributed by atoms with E-state index in [4.69, 9.17) is 4.74 Å². The van der Waals surface area contributed by atoms with Gasteiger partial charge in [0.05, 0.1) is 30.7 Å². The number of morpholine rings is 1. The molecule has 0 saturated carbocycles. The van der Waals surface area contributed by atoms with Gasteiger partial charge in [-0.25, -0.2) is 0 Å². The van der Waals surface area contributed by atoms with Crippen molar-refractivity contribution in [2.75, 3.05) is 63.9 Å². The normalized spacial score (nSPS) is 22.8. The molecule has 1 N–H and O–H groups in total. The lowest BCUT2D eigenvalue weighted by molar-refractivity contribution is -0.137. The van der Waals surface area contributed by atoms with Crippen molar-refractivity contribution in [2.24, 2.45) is 5.92 Å². The summed E-state index contributed by atoms with van der Waals surface area (Å²) in [4.78, 5) is 20.3. The molecule has 2 aromatic rings. The number of hydrogen-bond donors (Lipinski definition) is 1. The highest BCUT2D eigenvalue weighted by Gasteiger charge is 2.42. The fourth-order valence-corrected chi connectivity index (χ4v) is 5.81. The van der Waals surface area contributed by atoms with Gasteiger partial charge in [-0.15, -0.1) is 0 Å². The maximum Gasteiger partial charge on any atom is 0.416 e. The molecule has 200 valence electrons. The number of carbonyl (C=O) groups excluding carboxylic acids is 1. The van der Waals surface area contributed by atoms with Gasteiger partial charge in [0, 0.05) is 51.5 Å². The lowest BCUT2D eigenvalue weighted by atomic mass is 9.82. The van der Waals surface area contributed by atoms with Crippen LogP contribution in [0.25, 0.3) is 0 Å². The van der Waals surface area contributed by atoms with Crippen molar-refractivity contribution in [1.29, 1.82) is 0 Å². The zero-order valence-corrected chi connectivity index (χ0v) is 21.1. The van der Waals surface area contributed by atoms with Gasteiger partial charge in [-0.05, 0) is 48.7 Å². The van der Waals surface area contributed by atoms with Crippen LogP contribution in [0.1, 0.15) is 23.1 Å². The fourth-order valence-electron chi connectivity index (χ4n) is 5.81. The van der Waals surface area contributed by atoms with E-state index >= 15 is 0 Å². The van der Waals surface area contributed by atoms with Crippen molar-refractivity contribution < 1.29 is 22.7 Å². The number of benzene rings is 2. The molecule has 37 heavy (non-hydrogen) atoms. The molecule has 5 rings (SSSR count). The number of hydrogen-bond acceptors (Lipinski definition) is 5. The molecule has 3 heterocycles. The SMILES string of the molecule is O=C(NCCCN1CCOCC1)C1Cc2cc(C(F)(F)F)ccc2N2CCN(Cc3ccccc3)CC12. The Kier molecular flexibility index (Phi) is 8.02. The van der Waals surface area contributed by atoms with E-state index in [1.807, 2.05) is 18.2 Å². The Hall–Kier alpha value is -2.62. The topological polar surface area (TPSA) is 48.1 Å². The van der Waals surface area contributed by atoms with Gasteiger partial charge in [0.1, 0.15) is 0 Å². The van der Waals surface area contributed by atoms with E-state index in [9.17, 15) is 18.0 Å². The Labute approximate surface area is 216 Å². The Bertz CT molecular complexity index is 1060. The first kappa shape index (κ1) is 26.0. The van der Waals surface area contributed by atoms with Crippen molar-refractivity contribution >= 4 is 11.6 Å². The summed E-state index contributed by atoms with van der Waals surface area (Å²) in [5, 5.41) is 3.10. The summed E-state index contributed by atoms with van der Waals surface area (Å²) in [7, 11) is 0. The number of fused-ring (bicyclic) bond motifs is 3. The number of rotatable bonds is 7. The Morgan fingerprint density at radius 1 is 1.00 bits per heavy atom. The summed E-state index contributed by atoms with van der Waals surface area (Å²) in [5.41, 5.74) is 1.99. The summed E-state index contributed by atoms with van der Waals surface area (Å²) in [6.45, 7) is 7.70. The van der Waals surface area contributed by atoms with E-state index in [0.29, 0.717) is 31.6 Å². The molecule has 3 aliphatic rings. The van der Waals surface area contributed by atoms with E-state index in [-0.39, 0.29) is 11.9 Å². The van der Waals surface area contributed by atoms with Crippen LogP contribution in [0.15, 0.2) is 48.5 Å². The molecule has 6 nitrogen and oxygen atoms in total. The van der Waals surface area contributed by atoms with Crippen LogP contribution >= 0.6 is 0 Å². The first-order valence-corrected chi connectivity index (χ1v) is 13.2. The van der Waals surface area contributed by atoms with Crippen LogP contribution in [0.3, 0.4) is 0 Å².